The lowest BCUT2D eigenvalue weighted by atomic mass is 10.1. The number of benzene rings is 1. The Balaban J connectivity index is 2.50. The molecule has 0 spiro atoms. The van der Waals surface area contributed by atoms with Crippen molar-refractivity contribution in [2.45, 2.75) is 6.04 Å². The molecule has 0 aliphatic rings. The predicted molar refractivity (Wildman–Crippen MR) is 70.4 cm³/mol. The third kappa shape index (κ3) is 4.68. The number of ketones is 1. The molecule has 8 heteroatoms. The number of hydrogen-bond donors (Lipinski definition) is 2. The molecule has 0 aliphatic carbocycles. The fourth-order valence-electron chi connectivity index (χ4n) is 1.20. The average molecular weight is 284 g/mol. The van der Waals surface area contributed by atoms with Crippen LogP contribution in [-0.2, 0) is 4.79 Å². The van der Waals surface area contributed by atoms with E-state index in [0.717, 1.165) is 11.8 Å². The Bertz CT molecular complexity index is 488. The average Bonchev–Trinajstić information content (AvgIpc) is 2.38. The standard InChI is InChI=1S/C11H12N2O5S/c12-9(11(15)16)5-19-6-10(14)7-1-3-8(4-2-7)13(17)18/h1-4,9H,5-6,12H2,(H,15,16)/t9-/m1/s1. The second kappa shape index (κ2) is 6.86. The number of carbonyl (C=O) groups is 2. The summed E-state index contributed by atoms with van der Waals surface area (Å²) in [7, 11) is 0. The molecule has 0 heterocycles. The topological polar surface area (TPSA) is 124 Å². The van der Waals surface area contributed by atoms with Crippen molar-refractivity contribution in [1.29, 1.82) is 0 Å². The molecule has 0 fully saturated rings. The zero-order valence-corrected chi connectivity index (χ0v) is 10.6. The molecule has 0 amide bonds. The summed E-state index contributed by atoms with van der Waals surface area (Å²) >= 11 is 1.11. The van der Waals surface area contributed by atoms with Crippen molar-refractivity contribution >= 4 is 29.2 Å². The van der Waals surface area contributed by atoms with Crippen LogP contribution in [-0.4, -0.2) is 39.3 Å². The number of carboxylic acids is 1. The lowest BCUT2D eigenvalue weighted by Gasteiger charge is -2.05. The van der Waals surface area contributed by atoms with Gasteiger partial charge in [0.15, 0.2) is 5.78 Å². The van der Waals surface area contributed by atoms with Crippen molar-refractivity contribution in [3.63, 3.8) is 0 Å². The minimum Gasteiger partial charge on any atom is -0.480 e. The number of non-ortho nitro benzene ring substituents is 1. The van der Waals surface area contributed by atoms with Gasteiger partial charge in [-0.05, 0) is 12.1 Å². The third-order valence-corrected chi connectivity index (χ3v) is 3.31. The van der Waals surface area contributed by atoms with Gasteiger partial charge in [-0.3, -0.25) is 19.7 Å². The van der Waals surface area contributed by atoms with E-state index in [2.05, 4.69) is 0 Å². The number of rotatable bonds is 7. The highest BCUT2D eigenvalue weighted by atomic mass is 32.2. The Morgan fingerprint density at radius 2 is 1.95 bits per heavy atom. The molecule has 19 heavy (non-hydrogen) atoms. The molecule has 0 radical (unpaired) electrons. The molecule has 0 unspecified atom stereocenters. The monoisotopic (exact) mass is 284 g/mol. The smallest absolute Gasteiger partial charge is 0.321 e. The van der Waals surface area contributed by atoms with Gasteiger partial charge in [-0.25, -0.2) is 0 Å². The van der Waals surface area contributed by atoms with E-state index in [0.29, 0.717) is 5.56 Å². The molecule has 1 aromatic carbocycles. The Labute approximate surface area is 112 Å². The van der Waals surface area contributed by atoms with Gasteiger partial charge in [-0.2, -0.15) is 11.8 Å². The predicted octanol–water partition coefficient (Wildman–Crippen LogP) is 0.923. The minimum absolute atomic E-state index is 0.0821. The number of nitro groups is 1. The molecule has 0 saturated carbocycles. The fourth-order valence-corrected chi connectivity index (χ4v) is 2.07. The van der Waals surface area contributed by atoms with Crippen molar-refractivity contribution in [3.8, 4) is 0 Å². The van der Waals surface area contributed by atoms with Crippen molar-refractivity contribution in [2.75, 3.05) is 11.5 Å². The van der Waals surface area contributed by atoms with Crippen LogP contribution in [0.5, 0.6) is 0 Å². The van der Waals surface area contributed by atoms with Gasteiger partial charge < -0.3 is 10.8 Å². The van der Waals surface area contributed by atoms with E-state index in [4.69, 9.17) is 10.8 Å². The maximum atomic E-state index is 11.7. The highest BCUT2D eigenvalue weighted by molar-refractivity contribution is 8.00. The Hall–Kier alpha value is -1.93. The summed E-state index contributed by atoms with van der Waals surface area (Å²) in [5.41, 5.74) is 5.55. The maximum Gasteiger partial charge on any atom is 0.321 e. The molecule has 1 aromatic rings. The van der Waals surface area contributed by atoms with Crippen LogP contribution < -0.4 is 5.73 Å². The number of carboxylic acid groups (broad SMARTS) is 1. The zero-order valence-electron chi connectivity index (χ0n) is 9.81. The van der Waals surface area contributed by atoms with E-state index in [9.17, 15) is 19.7 Å². The van der Waals surface area contributed by atoms with Crippen LogP contribution in [0.2, 0.25) is 0 Å². The van der Waals surface area contributed by atoms with Crippen LogP contribution in [0.3, 0.4) is 0 Å². The van der Waals surface area contributed by atoms with E-state index in [1.807, 2.05) is 0 Å². The first-order valence-electron chi connectivity index (χ1n) is 5.25. The van der Waals surface area contributed by atoms with Crippen molar-refractivity contribution in [2.24, 2.45) is 5.73 Å². The van der Waals surface area contributed by atoms with Crippen LogP contribution in [0, 0.1) is 10.1 Å². The second-order valence-corrected chi connectivity index (χ2v) is 4.72. The first-order valence-corrected chi connectivity index (χ1v) is 6.41. The first kappa shape index (κ1) is 15.1. The highest BCUT2D eigenvalue weighted by Crippen LogP contribution is 2.14. The Kier molecular flexibility index (Phi) is 5.46. The van der Waals surface area contributed by atoms with Gasteiger partial charge >= 0.3 is 5.97 Å². The summed E-state index contributed by atoms with van der Waals surface area (Å²) in [6.45, 7) is 0. The zero-order chi connectivity index (χ0) is 14.4. The molecule has 3 N–H and O–H groups in total. The van der Waals surface area contributed by atoms with Crippen LogP contribution in [0.25, 0.3) is 0 Å². The first-order chi connectivity index (χ1) is 8.91. The Morgan fingerprint density at radius 3 is 2.42 bits per heavy atom. The highest BCUT2D eigenvalue weighted by Gasteiger charge is 2.13. The third-order valence-electron chi connectivity index (χ3n) is 2.25. The summed E-state index contributed by atoms with van der Waals surface area (Å²) in [6, 6.07) is 4.24. The van der Waals surface area contributed by atoms with Gasteiger partial charge in [0.05, 0.1) is 10.7 Å². The number of nitrogens with two attached hydrogens (primary N) is 1. The summed E-state index contributed by atoms with van der Waals surface area (Å²) in [6.07, 6.45) is 0. The quantitative estimate of drug-likeness (QED) is 0.433. The van der Waals surface area contributed by atoms with Gasteiger partial charge in [-0.1, -0.05) is 0 Å². The molecule has 1 atom stereocenters. The van der Waals surface area contributed by atoms with Gasteiger partial charge in [0, 0.05) is 23.4 Å². The van der Waals surface area contributed by atoms with Crippen molar-refractivity contribution in [3.05, 3.63) is 39.9 Å². The van der Waals surface area contributed by atoms with Gasteiger partial charge in [0.25, 0.3) is 5.69 Å². The number of aliphatic carboxylic acids is 1. The van der Waals surface area contributed by atoms with E-state index >= 15 is 0 Å². The Morgan fingerprint density at radius 1 is 1.37 bits per heavy atom. The normalized spacial score (nSPS) is 11.8. The minimum atomic E-state index is -1.12. The molecule has 0 aromatic heterocycles. The molecule has 102 valence electrons. The number of carbonyl (C=O) groups excluding carboxylic acids is 1. The summed E-state index contributed by atoms with van der Waals surface area (Å²) < 4.78 is 0. The number of thioether (sulfide) groups is 1. The van der Waals surface area contributed by atoms with Crippen molar-refractivity contribution < 1.29 is 19.6 Å². The number of nitro benzene ring substituents is 1. The number of hydrogen-bond acceptors (Lipinski definition) is 6. The molecule has 7 nitrogen and oxygen atoms in total. The van der Waals surface area contributed by atoms with E-state index < -0.39 is 16.9 Å². The molecular formula is C11H12N2O5S. The van der Waals surface area contributed by atoms with E-state index in [-0.39, 0.29) is 23.0 Å². The molecular weight excluding hydrogens is 272 g/mol. The van der Waals surface area contributed by atoms with Crippen LogP contribution in [0.4, 0.5) is 5.69 Å². The van der Waals surface area contributed by atoms with Crippen LogP contribution in [0.15, 0.2) is 24.3 Å². The maximum absolute atomic E-state index is 11.7. The van der Waals surface area contributed by atoms with Crippen LogP contribution >= 0.6 is 11.8 Å². The van der Waals surface area contributed by atoms with E-state index in [1.165, 1.54) is 24.3 Å². The van der Waals surface area contributed by atoms with Gasteiger partial charge in [0.1, 0.15) is 6.04 Å². The lowest BCUT2D eigenvalue weighted by molar-refractivity contribution is -0.384. The number of nitrogens with zero attached hydrogens (tertiary/aromatic N) is 1. The molecule has 0 bridgehead atoms. The van der Waals surface area contributed by atoms with Gasteiger partial charge in [0.2, 0.25) is 0 Å². The molecule has 0 saturated heterocycles. The molecule has 0 aliphatic heterocycles. The SMILES string of the molecule is N[C@H](CSCC(=O)c1ccc([N+](=O)[O-])cc1)C(=O)O. The van der Waals surface area contributed by atoms with Crippen LogP contribution in [0.1, 0.15) is 10.4 Å². The molecule has 1 rings (SSSR count). The number of Topliss-reactive ketones (excluding diaryl/α,β-unsaturated/α-hetero) is 1. The second-order valence-electron chi connectivity index (χ2n) is 3.69. The lowest BCUT2D eigenvalue weighted by Crippen LogP contribution is -2.32. The summed E-state index contributed by atoms with van der Waals surface area (Å²) in [4.78, 5) is 32.1. The summed E-state index contributed by atoms with van der Waals surface area (Å²) in [5, 5.41) is 19.0. The van der Waals surface area contributed by atoms with E-state index in [1.54, 1.807) is 0 Å². The largest absolute Gasteiger partial charge is 0.480 e. The fraction of sp³-hybridized carbons (Fsp3) is 0.273. The van der Waals surface area contributed by atoms with Crippen molar-refractivity contribution in [1.82, 2.24) is 0 Å². The van der Waals surface area contributed by atoms with Gasteiger partial charge in [-0.15, -0.1) is 0 Å². The summed E-state index contributed by atoms with van der Waals surface area (Å²) in [5.74, 6) is -1.12.